The number of phenols is 1. The monoisotopic (exact) mass is 471 g/mol. The van der Waals surface area contributed by atoms with Gasteiger partial charge in [-0.3, -0.25) is 5.32 Å². The molecule has 4 atom stereocenters. The molecule has 0 amide bonds. The van der Waals surface area contributed by atoms with Gasteiger partial charge in [-0.15, -0.1) is 10.2 Å². The number of imidazole rings is 1. The Kier molecular flexibility index (Phi) is 5.10. The molecular weight excluding hydrogens is 444 g/mol. The summed E-state index contributed by atoms with van der Waals surface area (Å²) in [4.78, 5) is 10.2. The van der Waals surface area contributed by atoms with Gasteiger partial charge in [0.2, 0.25) is 0 Å². The molecule has 2 aromatic heterocycles. The molecule has 5 rings (SSSR count). The summed E-state index contributed by atoms with van der Waals surface area (Å²) < 4.78 is 37.2. The maximum Gasteiger partial charge on any atom is 0.267 e. The first-order valence-electron chi connectivity index (χ1n) is 11.0. The SMILES string of the molecule is CO[C@@H]1[C@@H](N(C)c2cnc(-c3ccc(-n4ccnc4)cc3O)nn2)C[C@@]2(C)N[C@]1(C)CC2(F)F. The number of rotatable bonds is 5. The Hall–Kier alpha value is -3.18. The zero-order valence-electron chi connectivity index (χ0n) is 19.4. The average Bonchev–Trinajstić information content (AvgIpc) is 3.37. The summed E-state index contributed by atoms with van der Waals surface area (Å²) in [6, 6.07) is 4.76. The third-order valence-electron chi connectivity index (χ3n) is 7.24. The Morgan fingerprint density at radius 1 is 1.26 bits per heavy atom. The Balaban J connectivity index is 1.40. The van der Waals surface area contributed by atoms with Crippen molar-refractivity contribution in [3.05, 3.63) is 43.1 Å². The summed E-state index contributed by atoms with van der Waals surface area (Å²) >= 11 is 0. The highest BCUT2D eigenvalue weighted by Crippen LogP contribution is 2.53. The van der Waals surface area contributed by atoms with Gasteiger partial charge in [-0.2, -0.15) is 0 Å². The zero-order chi connectivity index (χ0) is 24.3. The lowest BCUT2D eigenvalue weighted by atomic mass is 9.81. The molecule has 0 aliphatic carbocycles. The molecular formula is C23H27F2N7O2. The van der Waals surface area contributed by atoms with Crippen molar-refractivity contribution in [2.75, 3.05) is 19.1 Å². The van der Waals surface area contributed by atoms with Crippen molar-refractivity contribution in [2.45, 2.75) is 55.8 Å². The Morgan fingerprint density at radius 3 is 2.68 bits per heavy atom. The minimum atomic E-state index is -2.86. The lowest BCUT2D eigenvalue weighted by Crippen LogP contribution is -2.69. The molecule has 2 aliphatic rings. The fourth-order valence-corrected chi connectivity index (χ4v) is 5.51. The van der Waals surface area contributed by atoms with E-state index in [9.17, 15) is 13.9 Å². The standard InChI is InChI=1S/C23H27F2N7O2/c1-21-12-23(24,25)22(2,30-21)10-16(19(21)34-4)31(3)18-11-27-20(29-28-18)15-6-5-14(9-17(15)33)32-8-7-26-13-32/h5-9,11,13,16,19,30,33H,10,12H2,1-4H3/t16-,19+,21+,22+/m0/s1. The van der Waals surface area contributed by atoms with Crippen molar-refractivity contribution in [3.8, 4) is 22.8 Å². The highest BCUT2D eigenvalue weighted by Gasteiger charge is 2.69. The number of hydrogen-bond acceptors (Lipinski definition) is 8. The van der Waals surface area contributed by atoms with Crippen LogP contribution in [0, 0.1) is 0 Å². The van der Waals surface area contributed by atoms with E-state index in [4.69, 9.17) is 4.74 Å². The van der Waals surface area contributed by atoms with Gasteiger partial charge < -0.3 is 19.3 Å². The summed E-state index contributed by atoms with van der Waals surface area (Å²) in [5, 5.41) is 22.1. The number of hydrogen-bond donors (Lipinski definition) is 2. The molecule has 34 heavy (non-hydrogen) atoms. The van der Waals surface area contributed by atoms with E-state index in [1.54, 1.807) is 68.3 Å². The number of nitrogens with one attached hydrogen (secondary N) is 1. The number of likely N-dealkylation sites (N-methyl/N-ethyl adjacent to an activating group) is 1. The largest absolute Gasteiger partial charge is 0.507 e. The van der Waals surface area contributed by atoms with Crippen LogP contribution in [0.2, 0.25) is 0 Å². The van der Waals surface area contributed by atoms with Gasteiger partial charge in [-0.25, -0.2) is 18.7 Å². The molecule has 180 valence electrons. The van der Waals surface area contributed by atoms with Gasteiger partial charge in [0.05, 0.1) is 47.0 Å². The predicted octanol–water partition coefficient (Wildman–Crippen LogP) is 2.80. The molecule has 2 fully saturated rings. The average molecular weight is 472 g/mol. The normalized spacial score (nSPS) is 29.8. The Morgan fingerprint density at radius 2 is 2.06 bits per heavy atom. The van der Waals surface area contributed by atoms with Crippen LogP contribution in [0.3, 0.4) is 0 Å². The topological polar surface area (TPSA) is 101 Å². The fourth-order valence-electron chi connectivity index (χ4n) is 5.51. The molecule has 3 aromatic rings. The maximum absolute atomic E-state index is 14.9. The summed E-state index contributed by atoms with van der Waals surface area (Å²) in [5.41, 5.74) is -1.06. The van der Waals surface area contributed by atoms with Crippen LogP contribution in [0.4, 0.5) is 14.6 Å². The van der Waals surface area contributed by atoms with Gasteiger partial charge in [0.1, 0.15) is 5.75 Å². The molecule has 4 heterocycles. The number of nitrogens with zero attached hydrogens (tertiary/aromatic N) is 6. The van der Waals surface area contributed by atoms with Crippen LogP contribution in [0.5, 0.6) is 5.75 Å². The number of aromatic nitrogens is 5. The van der Waals surface area contributed by atoms with Crippen LogP contribution >= 0.6 is 0 Å². The number of anilines is 1. The van der Waals surface area contributed by atoms with E-state index in [1.165, 1.54) is 6.20 Å². The number of aromatic hydroxyl groups is 1. The second-order valence-corrected chi connectivity index (χ2v) is 9.61. The molecule has 0 unspecified atom stereocenters. The summed E-state index contributed by atoms with van der Waals surface area (Å²) in [6.45, 7) is 3.35. The van der Waals surface area contributed by atoms with E-state index >= 15 is 0 Å². The predicted molar refractivity (Wildman–Crippen MR) is 121 cm³/mol. The van der Waals surface area contributed by atoms with E-state index in [2.05, 4.69) is 25.5 Å². The van der Waals surface area contributed by atoms with Crippen LogP contribution in [-0.2, 0) is 4.74 Å². The lowest BCUT2D eigenvalue weighted by molar-refractivity contribution is -0.0621. The van der Waals surface area contributed by atoms with E-state index in [1.807, 2.05) is 6.07 Å². The highest BCUT2D eigenvalue weighted by atomic mass is 19.3. The molecule has 2 saturated heterocycles. The molecule has 2 N–H and O–H groups in total. The van der Waals surface area contributed by atoms with Gasteiger partial charge in [0.15, 0.2) is 11.6 Å². The minimum Gasteiger partial charge on any atom is -0.507 e. The van der Waals surface area contributed by atoms with Crippen molar-refractivity contribution in [3.63, 3.8) is 0 Å². The van der Waals surface area contributed by atoms with E-state index in [-0.39, 0.29) is 30.5 Å². The third-order valence-corrected chi connectivity index (χ3v) is 7.24. The van der Waals surface area contributed by atoms with Gasteiger partial charge in [0, 0.05) is 39.0 Å². The maximum atomic E-state index is 14.9. The van der Waals surface area contributed by atoms with E-state index in [0.29, 0.717) is 11.4 Å². The van der Waals surface area contributed by atoms with Gasteiger partial charge in [-0.05, 0) is 32.4 Å². The molecule has 0 radical (unpaired) electrons. The van der Waals surface area contributed by atoms with Crippen molar-refractivity contribution < 1.29 is 18.6 Å². The highest BCUT2D eigenvalue weighted by molar-refractivity contribution is 5.66. The number of piperidine rings is 1. The van der Waals surface area contributed by atoms with Crippen LogP contribution < -0.4 is 10.2 Å². The van der Waals surface area contributed by atoms with Gasteiger partial charge in [-0.1, -0.05) is 0 Å². The van der Waals surface area contributed by atoms with Crippen LogP contribution in [0.25, 0.3) is 17.1 Å². The van der Waals surface area contributed by atoms with Crippen molar-refractivity contribution in [2.24, 2.45) is 0 Å². The Labute approximate surface area is 195 Å². The number of halogens is 2. The summed E-state index contributed by atoms with van der Waals surface area (Å²) in [5.74, 6) is -2.16. The number of phenolic OH excluding ortho intramolecular Hbond substituents is 1. The smallest absolute Gasteiger partial charge is 0.267 e. The van der Waals surface area contributed by atoms with Crippen LogP contribution in [0.1, 0.15) is 26.7 Å². The second kappa shape index (κ2) is 7.67. The van der Waals surface area contributed by atoms with E-state index in [0.717, 1.165) is 5.69 Å². The first-order valence-corrected chi connectivity index (χ1v) is 11.0. The second-order valence-electron chi connectivity index (χ2n) is 9.61. The first kappa shape index (κ1) is 22.6. The quantitative estimate of drug-likeness (QED) is 0.586. The number of benzene rings is 1. The molecule has 2 aliphatic heterocycles. The summed E-state index contributed by atoms with van der Waals surface area (Å²) in [7, 11) is 3.33. The molecule has 1 aromatic carbocycles. The van der Waals surface area contributed by atoms with Crippen LogP contribution in [-0.4, -0.2) is 73.1 Å². The summed E-state index contributed by atoms with van der Waals surface area (Å²) in [6.07, 6.45) is 5.98. The number of ether oxygens (including phenoxy) is 1. The van der Waals surface area contributed by atoms with Crippen molar-refractivity contribution in [1.82, 2.24) is 30.0 Å². The zero-order valence-corrected chi connectivity index (χ0v) is 19.4. The number of fused-ring (bicyclic) bond motifs is 2. The lowest BCUT2D eigenvalue weighted by Gasteiger charge is -2.49. The molecule has 9 nitrogen and oxygen atoms in total. The molecule has 2 bridgehead atoms. The first-order chi connectivity index (χ1) is 16.1. The third kappa shape index (κ3) is 3.41. The Bertz CT molecular complexity index is 1190. The minimum absolute atomic E-state index is 0.00608. The molecule has 0 saturated carbocycles. The molecule has 0 spiro atoms. The number of methoxy groups -OCH3 is 1. The van der Waals surface area contributed by atoms with Crippen molar-refractivity contribution >= 4 is 5.82 Å². The fraction of sp³-hybridized carbons (Fsp3) is 0.478. The van der Waals surface area contributed by atoms with Crippen LogP contribution in [0.15, 0.2) is 43.1 Å². The molecule has 11 heteroatoms. The van der Waals surface area contributed by atoms with E-state index < -0.39 is 23.1 Å². The van der Waals surface area contributed by atoms with Gasteiger partial charge in [0.25, 0.3) is 5.92 Å². The van der Waals surface area contributed by atoms with Crippen molar-refractivity contribution in [1.29, 1.82) is 0 Å². The number of alkyl halides is 2. The van der Waals surface area contributed by atoms with Gasteiger partial charge >= 0.3 is 0 Å².